The molecule has 0 aliphatic rings. The fraction of sp³-hybridized carbons (Fsp3) is 0.500. The highest BCUT2D eigenvalue weighted by Gasteiger charge is 2.19. The molecular formula is C12H16BrFO. The van der Waals surface area contributed by atoms with Gasteiger partial charge in [0.05, 0.1) is 7.11 Å². The minimum Gasteiger partial charge on any atom is -0.496 e. The molecule has 0 spiro atoms. The average molecular weight is 275 g/mol. The molecule has 3 heteroatoms. The van der Waals surface area contributed by atoms with Crippen molar-refractivity contribution in [1.82, 2.24) is 0 Å². The third-order valence-corrected chi connectivity index (χ3v) is 4.03. The third-order valence-electron chi connectivity index (χ3n) is 2.63. The first-order valence-electron chi connectivity index (χ1n) is 5.07. The van der Waals surface area contributed by atoms with E-state index in [0.29, 0.717) is 5.92 Å². The molecule has 1 aromatic rings. The van der Waals surface area contributed by atoms with Gasteiger partial charge in [0.2, 0.25) is 0 Å². The van der Waals surface area contributed by atoms with Crippen molar-refractivity contribution in [3.8, 4) is 5.75 Å². The Balaban J connectivity index is 3.05. The molecule has 84 valence electrons. The van der Waals surface area contributed by atoms with Gasteiger partial charge >= 0.3 is 0 Å². The van der Waals surface area contributed by atoms with Gasteiger partial charge in [0.25, 0.3) is 0 Å². The molecular weight excluding hydrogens is 259 g/mol. The standard InChI is InChI=1S/C12H16BrFO/c1-4-8(2)12(13)10-7-9(14)5-6-11(10)15-3/h5-8,12H,4H2,1-3H3. The smallest absolute Gasteiger partial charge is 0.123 e. The van der Waals surface area contributed by atoms with Crippen molar-refractivity contribution in [1.29, 1.82) is 0 Å². The Hall–Kier alpha value is -0.570. The molecule has 0 amide bonds. The van der Waals surface area contributed by atoms with Gasteiger partial charge in [0, 0.05) is 10.4 Å². The normalized spacial score (nSPS) is 14.7. The van der Waals surface area contributed by atoms with Crippen molar-refractivity contribution < 1.29 is 9.13 Å². The van der Waals surface area contributed by atoms with Crippen LogP contribution in [0.1, 0.15) is 30.7 Å². The van der Waals surface area contributed by atoms with Crippen LogP contribution >= 0.6 is 15.9 Å². The first-order chi connectivity index (χ1) is 7.10. The van der Waals surface area contributed by atoms with Crippen LogP contribution in [0.3, 0.4) is 0 Å². The Morgan fingerprint density at radius 2 is 2.13 bits per heavy atom. The highest BCUT2D eigenvalue weighted by Crippen LogP contribution is 2.38. The maximum Gasteiger partial charge on any atom is 0.123 e. The SMILES string of the molecule is CCC(C)C(Br)c1cc(F)ccc1OC. The molecule has 0 radical (unpaired) electrons. The summed E-state index contributed by atoms with van der Waals surface area (Å²) < 4.78 is 18.4. The topological polar surface area (TPSA) is 9.23 Å². The number of halogens is 2. The van der Waals surface area contributed by atoms with E-state index in [2.05, 4.69) is 29.8 Å². The molecule has 0 heterocycles. The number of rotatable bonds is 4. The van der Waals surface area contributed by atoms with Crippen molar-refractivity contribution in [2.45, 2.75) is 25.1 Å². The Morgan fingerprint density at radius 1 is 1.47 bits per heavy atom. The Kier molecular flexibility index (Phi) is 4.58. The van der Waals surface area contributed by atoms with E-state index >= 15 is 0 Å². The van der Waals surface area contributed by atoms with Crippen LogP contribution in [0, 0.1) is 11.7 Å². The number of methoxy groups -OCH3 is 1. The fourth-order valence-corrected chi connectivity index (χ4v) is 2.17. The summed E-state index contributed by atoms with van der Waals surface area (Å²) in [7, 11) is 1.60. The zero-order chi connectivity index (χ0) is 11.4. The second kappa shape index (κ2) is 5.50. The second-order valence-electron chi connectivity index (χ2n) is 3.67. The van der Waals surface area contributed by atoms with Gasteiger partial charge < -0.3 is 4.74 Å². The molecule has 0 fully saturated rings. The molecule has 1 rings (SSSR count). The molecule has 2 atom stereocenters. The maximum atomic E-state index is 13.1. The molecule has 0 bridgehead atoms. The van der Waals surface area contributed by atoms with Gasteiger partial charge in [-0.25, -0.2) is 4.39 Å². The summed E-state index contributed by atoms with van der Waals surface area (Å²) in [4.78, 5) is 0.133. The maximum absolute atomic E-state index is 13.1. The van der Waals surface area contributed by atoms with Gasteiger partial charge in [-0.05, 0) is 24.1 Å². The summed E-state index contributed by atoms with van der Waals surface area (Å²) in [5.41, 5.74) is 0.881. The lowest BCUT2D eigenvalue weighted by atomic mass is 9.98. The summed E-state index contributed by atoms with van der Waals surface area (Å²) in [6.45, 7) is 4.24. The van der Waals surface area contributed by atoms with E-state index in [4.69, 9.17) is 4.74 Å². The van der Waals surface area contributed by atoms with E-state index in [9.17, 15) is 4.39 Å². The van der Waals surface area contributed by atoms with Crippen molar-refractivity contribution >= 4 is 15.9 Å². The van der Waals surface area contributed by atoms with Gasteiger partial charge in [-0.1, -0.05) is 36.2 Å². The number of ether oxygens (including phenoxy) is 1. The highest BCUT2D eigenvalue weighted by atomic mass is 79.9. The number of alkyl halides is 1. The highest BCUT2D eigenvalue weighted by molar-refractivity contribution is 9.09. The fourth-order valence-electron chi connectivity index (χ4n) is 1.43. The molecule has 15 heavy (non-hydrogen) atoms. The summed E-state index contributed by atoms with van der Waals surface area (Å²) in [6.07, 6.45) is 1.04. The minimum atomic E-state index is -0.224. The Bertz CT molecular complexity index is 327. The van der Waals surface area contributed by atoms with E-state index in [1.54, 1.807) is 13.2 Å². The van der Waals surface area contributed by atoms with E-state index in [0.717, 1.165) is 17.7 Å². The third kappa shape index (κ3) is 2.94. The van der Waals surface area contributed by atoms with Gasteiger partial charge in [-0.15, -0.1) is 0 Å². The monoisotopic (exact) mass is 274 g/mol. The molecule has 0 N–H and O–H groups in total. The predicted octanol–water partition coefficient (Wildman–Crippen LogP) is 4.32. The minimum absolute atomic E-state index is 0.133. The lowest BCUT2D eigenvalue weighted by Gasteiger charge is -2.19. The second-order valence-corrected chi connectivity index (χ2v) is 4.66. The van der Waals surface area contributed by atoms with Crippen LogP contribution in [0.15, 0.2) is 18.2 Å². The quantitative estimate of drug-likeness (QED) is 0.744. The molecule has 0 aliphatic heterocycles. The van der Waals surface area contributed by atoms with Crippen LogP contribution in [-0.4, -0.2) is 7.11 Å². The first kappa shape index (κ1) is 12.5. The molecule has 1 aromatic carbocycles. The van der Waals surface area contributed by atoms with E-state index in [1.165, 1.54) is 12.1 Å². The zero-order valence-electron chi connectivity index (χ0n) is 9.26. The van der Waals surface area contributed by atoms with Crippen LogP contribution in [0.25, 0.3) is 0 Å². The molecule has 0 aliphatic carbocycles. The van der Waals surface area contributed by atoms with Gasteiger partial charge in [0.15, 0.2) is 0 Å². The number of benzene rings is 1. The van der Waals surface area contributed by atoms with E-state index < -0.39 is 0 Å². The molecule has 1 nitrogen and oxygen atoms in total. The molecule has 2 unspecified atom stereocenters. The number of hydrogen-bond acceptors (Lipinski definition) is 1. The van der Waals surface area contributed by atoms with Crippen LogP contribution in [-0.2, 0) is 0 Å². The zero-order valence-corrected chi connectivity index (χ0v) is 10.8. The average Bonchev–Trinajstić information content (AvgIpc) is 2.27. The van der Waals surface area contributed by atoms with Crippen molar-refractivity contribution in [3.63, 3.8) is 0 Å². The van der Waals surface area contributed by atoms with E-state index in [-0.39, 0.29) is 10.6 Å². The predicted molar refractivity (Wildman–Crippen MR) is 64.1 cm³/mol. The Labute approximate surface area is 98.8 Å². The van der Waals surface area contributed by atoms with Crippen molar-refractivity contribution in [2.75, 3.05) is 7.11 Å². The molecule has 0 saturated heterocycles. The van der Waals surface area contributed by atoms with Crippen LogP contribution in [0.4, 0.5) is 4.39 Å². The summed E-state index contributed by atoms with van der Waals surface area (Å²) in [5, 5.41) is 0. The summed E-state index contributed by atoms with van der Waals surface area (Å²) in [5.74, 6) is 0.956. The summed E-state index contributed by atoms with van der Waals surface area (Å²) in [6, 6.07) is 4.62. The largest absolute Gasteiger partial charge is 0.496 e. The number of hydrogen-bond donors (Lipinski definition) is 0. The Morgan fingerprint density at radius 3 is 2.67 bits per heavy atom. The first-order valence-corrected chi connectivity index (χ1v) is 5.99. The van der Waals surface area contributed by atoms with Gasteiger partial charge in [-0.2, -0.15) is 0 Å². The van der Waals surface area contributed by atoms with Gasteiger partial charge in [-0.3, -0.25) is 0 Å². The van der Waals surface area contributed by atoms with E-state index in [1.807, 2.05) is 0 Å². The van der Waals surface area contributed by atoms with Crippen molar-refractivity contribution in [2.24, 2.45) is 5.92 Å². The lowest BCUT2D eigenvalue weighted by Crippen LogP contribution is -2.04. The van der Waals surface area contributed by atoms with Crippen molar-refractivity contribution in [3.05, 3.63) is 29.6 Å². The summed E-state index contributed by atoms with van der Waals surface area (Å²) >= 11 is 3.59. The van der Waals surface area contributed by atoms with Crippen LogP contribution in [0.2, 0.25) is 0 Å². The van der Waals surface area contributed by atoms with Gasteiger partial charge in [0.1, 0.15) is 11.6 Å². The molecule has 0 saturated carbocycles. The molecule has 0 aromatic heterocycles. The van der Waals surface area contributed by atoms with Crippen LogP contribution in [0.5, 0.6) is 5.75 Å². The van der Waals surface area contributed by atoms with Crippen LogP contribution < -0.4 is 4.74 Å². The lowest BCUT2D eigenvalue weighted by molar-refractivity contribution is 0.403.